The van der Waals surface area contributed by atoms with E-state index in [1.807, 2.05) is 0 Å². The molecular formula is C10H6BrClN2O2. The van der Waals surface area contributed by atoms with E-state index in [4.69, 9.17) is 16.0 Å². The number of rotatable bonds is 2. The second-order valence-corrected chi connectivity index (χ2v) is 4.05. The van der Waals surface area contributed by atoms with Gasteiger partial charge in [0.25, 0.3) is 5.91 Å². The van der Waals surface area contributed by atoms with Gasteiger partial charge in [0.15, 0.2) is 4.67 Å². The summed E-state index contributed by atoms with van der Waals surface area (Å²) in [4.78, 5) is 15.6. The largest absolute Gasteiger partial charge is 0.457 e. The lowest BCUT2D eigenvalue weighted by molar-refractivity contribution is 0.102. The molecular weight excluding hydrogens is 295 g/mol. The van der Waals surface area contributed by atoms with Crippen molar-refractivity contribution in [1.29, 1.82) is 0 Å². The van der Waals surface area contributed by atoms with Gasteiger partial charge in [-0.3, -0.25) is 9.78 Å². The molecule has 16 heavy (non-hydrogen) atoms. The summed E-state index contributed by atoms with van der Waals surface area (Å²) in [7, 11) is 0. The van der Waals surface area contributed by atoms with Crippen LogP contribution in [-0.4, -0.2) is 10.9 Å². The zero-order valence-corrected chi connectivity index (χ0v) is 10.2. The predicted molar refractivity (Wildman–Crippen MR) is 63.6 cm³/mol. The Balaban J connectivity index is 2.21. The maximum atomic E-state index is 11.8. The van der Waals surface area contributed by atoms with Crippen LogP contribution in [0.25, 0.3) is 0 Å². The summed E-state index contributed by atoms with van der Waals surface area (Å²) >= 11 is 9.00. The van der Waals surface area contributed by atoms with Crippen LogP contribution < -0.4 is 5.32 Å². The Kier molecular flexibility index (Phi) is 3.26. The zero-order chi connectivity index (χ0) is 11.5. The molecule has 0 aliphatic rings. The topological polar surface area (TPSA) is 55.1 Å². The van der Waals surface area contributed by atoms with Gasteiger partial charge in [0, 0.05) is 6.20 Å². The SMILES string of the molecule is O=C(Nc1cnccc1Cl)c1ccoc1Br. The Morgan fingerprint density at radius 2 is 2.31 bits per heavy atom. The van der Waals surface area contributed by atoms with Gasteiger partial charge in [-0.05, 0) is 28.1 Å². The second kappa shape index (κ2) is 4.67. The molecule has 2 heterocycles. The molecule has 6 heteroatoms. The maximum absolute atomic E-state index is 11.8. The number of halogens is 2. The van der Waals surface area contributed by atoms with E-state index >= 15 is 0 Å². The van der Waals surface area contributed by atoms with Crippen LogP contribution in [0.15, 0.2) is 39.9 Å². The number of carbonyl (C=O) groups excluding carboxylic acids is 1. The normalized spacial score (nSPS) is 10.1. The summed E-state index contributed by atoms with van der Waals surface area (Å²) in [6.07, 6.45) is 4.45. The van der Waals surface area contributed by atoms with Crippen LogP contribution in [0.2, 0.25) is 5.02 Å². The monoisotopic (exact) mass is 300 g/mol. The molecule has 1 N–H and O–H groups in total. The standard InChI is InChI=1S/C10H6BrClN2O2/c11-9-6(2-4-16-9)10(15)14-8-5-13-3-1-7(8)12/h1-5H,(H,14,15). The minimum absolute atomic E-state index is 0.310. The fourth-order valence-electron chi connectivity index (χ4n) is 1.11. The Hall–Kier alpha value is -1.33. The van der Waals surface area contributed by atoms with Crippen molar-refractivity contribution in [3.05, 3.63) is 46.0 Å². The van der Waals surface area contributed by atoms with Crippen molar-refractivity contribution in [3.8, 4) is 0 Å². The average Bonchev–Trinajstić information content (AvgIpc) is 2.68. The highest BCUT2D eigenvalue weighted by Crippen LogP contribution is 2.22. The van der Waals surface area contributed by atoms with E-state index in [1.165, 1.54) is 12.5 Å². The molecule has 0 unspecified atom stereocenters. The molecule has 0 aromatic carbocycles. The summed E-state index contributed by atoms with van der Waals surface area (Å²) in [6, 6.07) is 3.16. The number of furan rings is 1. The quantitative estimate of drug-likeness (QED) is 0.925. The molecule has 0 saturated carbocycles. The van der Waals surface area contributed by atoms with Crippen molar-refractivity contribution < 1.29 is 9.21 Å². The van der Waals surface area contributed by atoms with Crippen LogP contribution in [0.5, 0.6) is 0 Å². The van der Waals surface area contributed by atoms with E-state index in [2.05, 4.69) is 26.2 Å². The summed E-state index contributed by atoms with van der Waals surface area (Å²) in [5.74, 6) is -0.310. The lowest BCUT2D eigenvalue weighted by atomic mass is 10.3. The van der Waals surface area contributed by atoms with E-state index in [0.717, 1.165) is 0 Å². The van der Waals surface area contributed by atoms with Crippen LogP contribution >= 0.6 is 27.5 Å². The van der Waals surface area contributed by atoms with E-state index in [9.17, 15) is 4.79 Å². The third-order valence-electron chi connectivity index (χ3n) is 1.88. The van der Waals surface area contributed by atoms with Crippen molar-refractivity contribution in [2.75, 3.05) is 5.32 Å². The van der Waals surface area contributed by atoms with Gasteiger partial charge in [-0.2, -0.15) is 0 Å². The van der Waals surface area contributed by atoms with Gasteiger partial charge >= 0.3 is 0 Å². The Morgan fingerprint density at radius 3 is 2.94 bits per heavy atom. The minimum Gasteiger partial charge on any atom is -0.457 e. The summed E-state index contributed by atoms with van der Waals surface area (Å²) in [5.41, 5.74) is 0.863. The number of anilines is 1. The number of hydrogen-bond donors (Lipinski definition) is 1. The fourth-order valence-corrected chi connectivity index (χ4v) is 1.69. The lowest BCUT2D eigenvalue weighted by Gasteiger charge is -2.04. The van der Waals surface area contributed by atoms with Crippen molar-refractivity contribution >= 4 is 39.1 Å². The van der Waals surface area contributed by atoms with Crippen molar-refractivity contribution in [2.45, 2.75) is 0 Å². The first kappa shape index (κ1) is 11.2. The smallest absolute Gasteiger partial charge is 0.260 e. The average molecular weight is 302 g/mol. The molecule has 0 fully saturated rings. The molecule has 0 radical (unpaired) electrons. The zero-order valence-electron chi connectivity index (χ0n) is 7.91. The molecule has 2 aromatic rings. The van der Waals surface area contributed by atoms with Crippen molar-refractivity contribution in [2.24, 2.45) is 0 Å². The van der Waals surface area contributed by atoms with Gasteiger partial charge in [-0.1, -0.05) is 11.6 Å². The number of carbonyl (C=O) groups is 1. The Labute approximate surface area is 105 Å². The third-order valence-corrected chi connectivity index (χ3v) is 2.82. The summed E-state index contributed by atoms with van der Waals surface area (Å²) < 4.78 is 5.34. The molecule has 4 nitrogen and oxygen atoms in total. The Bertz CT molecular complexity index is 527. The van der Waals surface area contributed by atoms with Crippen LogP contribution in [-0.2, 0) is 0 Å². The van der Waals surface area contributed by atoms with Crippen LogP contribution in [0.3, 0.4) is 0 Å². The molecule has 0 spiro atoms. The third kappa shape index (κ3) is 2.25. The molecule has 2 aromatic heterocycles. The van der Waals surface area contributed by atoms with E-state index < -0.39 is 0 Å². The van der Waals surface area contributed by atoms with Gasteiger partial charge in [0.05, 0.1) is 28.7 Å². The number of nitrogens with zero attached hydrogens (tertiary/aromatic N) is 1. The molecule has 2 rings (SSSR count). The van der Waals surface area contributed by atoms with E-state index in [-0.39, 0.29) is 5.91 Å². The molecule has 82 valence electrons. The van der Waals surface area contributed by atoms with Gasteiger partial charge in [0.2, 0.25) is 0 Å². The minimum atomic E-state index is -0.310. The number of nitrogens with one attached hydrogen (secondary N) is 1. The lowest BCUT2D eigenvalue weighted by Crippen LogP contribution is -2.11. The number of hydrogen-bond acceptors (Lipinski definition) is 3. The highest BCUT2D eigenvalue weighted by molar-refractivity contribution is 9.10. The first-order valence-corrected chi connectivity index (χ1v) is 5.49. The van der Waals surface area contributed by atoms with Crippen molar-refractivity contribution in [3.63, 3.8) is 0 Å². The Morgan fingerprint density at radius 1 is 1.50 bits per heavy atom. The predicted octanol–water partition coefficient (Wildman–Crippen LogP) is 3.34. The molecule has 0 aliphatic heterocycles. The van der Waals surface area contributed by atoms with Gasteiger partial charge in [-0.25, -0.2) is 0 Å². The summed E-state index contributed by atoms with van der Waals surface area (Å²) in [5, 5.41) is 3.06. The number of aromatic nitrogens is 1. The van der Waals surface area contributed by atoms with Crippen LogP contribution in [0.1, 0.15) is 10.4 Å². The maximum Gasteiger partial charge on any atom is 0.260 e. The van der Waals surface area contributed by atoms with Crippen LogP contribution in [0, 0.1) is 0 Å². The first-order chi connectivity index (χ1) is 7.68. The van der Waals surface area contributed by atoms with Crippen LogP contribution in [0.4, 0.5) is 5.69 Å². The van der Waals surface area contributed by atoms with Gasteiger partial charge < -0.3 is 9.73 Å². The first-order valence-electron chi connectivity index (χ1n) is 4.32. The summed E-state index contributed by atoms with van der Waals surface area (Å²) in [6.45, 7) is 0. The fraction of sp³-hybridized carbons (Fsp3) is 0. The molecule has 1 amide bonds. The van der Waals surface area contributed by atoms with Gasteiger partial charge in [0.1, 0.15) is 0 Å². The highest BCUT2D eigenvalue weighted by atomic mass is 79.9. The van der Waals surface area contributed by atoms with Gasteiger partial charge in [-0.15, -0.1) is 0 Å². The molecule has 0 saturated heterocycles. The molecule has 0 bridgehead atoms. The number of amides is 1. The molecule has 0 aliphatic carbocycles. The van der Waals surface area contributed by atoms with Crippen molar-refractivity contribution in [1.82, 2.24) is 4.98 Å². The van der Waals surface area contributed by atoms with E-state index in [1.54, 1.807) is 18.3 Å². The highest BCUT2D eigenvalue weighted by Gasteiger charge is 2.13. The van der Waals surface area contributed by atoms with E-state index in [0.29, 0.717) is 20.9 Å². The molecule has 0 atom stereocenters. The second-order valence-electron chi connectivity index (χ2n) is 2.92. The number of pyridine rings is 1.